The van der Waals surface area contributed by atoms with E-state index in [1.807, 2.05) is 32.0 Å². The number of hydrogen-bond donors (Lipinski definition) is 1. The summed E-state index contributed by atoms with van der Waals surface area (Å²) in [6.07, 6.45) is -3.28. The van der Waals surface area contributed by atoms with Crippen LogP contribution in [-0.2, 0) is 11.2 Å². The van der Waals surface area contributed by atoms with E-state index in [0.717, 1.165) is 16.7 Å². The molecule has 1 aromatic carbocycles. The van der Waals surface area contributed by atoms with Crippen LogP contribution in [0, 0.1) is 13.8 Å². The van der Waals surface area contributed by atoms with Gasteiger partial charge in [-0.3, -0.25) is 0 Å². The maximum atomic E-state index is 12.6. The Balaban J connectivity index is 2.40. The lowest BCUT2D eigenvalue weighted by molar-refractivity contribution is -0.166. The van der Waals surface area contributed by atoms with Crippen LogP contribution in [0.5, 0.6) is 0 Å². The molecule has 0 saturated heterocycles. The van der Waals surface area contributed by atoms with Crippen molar-refractivity contribution >= 4 is 0 Å². The van der Waals surface area contributed by atoms with Crippen molar-refractivity contribution in [2.45, 2.75) is 38.7 Å². The number of benzene rings is 1. The van der Waals surface area contributed by atoms with Crippen LogP contribution in [0.25, 0.3) is 0 Å². The maximum Gasteiger partial charge on any atom is 0.330 e. The van der Waals surface area contributed by atoms with Crippen LogP contribution in [-0.4, -0.2) is 31.6 Å². The first-order chi connectivity index (χ1) is 9.22. The number of ether oxygens (including phenoxy) is 1. The molecule has 1 atom stereocenters. The number of hydrogen-bond acceptors (Lipinski definition) is 2. The largest absolute Gasteiger partial charge is 0.373 e. The Bertz CT molecular complexity index is 437. The standard InChI is InChI=1S/C14H19F4NO/c1-9-3-4-11(5-10(9)2)6-12(19)7-20-8-14(17,18)13(15)16/h3-5,12-13H,6-8,19H2,1-2H3. The van der Waals surface area contributed by atoms with Gasteiger partial charge in [0.1, 0.15) is 6.61 Å². The SMILES string of the molecule is Cc1ccc(CC(N)COCC(F)(F)C(F)F)cc1C. The van der Waals surface area contributed by atoms with Crippen LogP contribution in [0.4, 0.5) is 17.6 Å². The van der Waals surface area contributed by atoms with Crippen LogP contribution in [0.2, 0.25) is 0 Å². The maximum absolute atomic E-state index is 12.6. The average Bonchev–Trinajstić information content (AvgIpc) is 2.33. The number of aryl methyl sites for hydroxylation is 2. The highest BCUT2D eigenvalue weighted by atomic mass is 19.3. The summed E-state index contributed by atoms with van der Waals surface area (Å²) < 4.78 is 53.6. The van der Waals surface area contributed by atoms with Crippen molar-refractivity contribution in [3.05, 3.63) is 34.9 Å². The quantitative estimate of drug-likeness (QED) is 0.784. The fourth-order valence-corrected chi connectivity index (χ4v) is 1.70. The first kappa shape index (κ1) is 16.9. The molecule has 1 aromatic rings. The van der Waals surface area contributed by atoms with Gasteiger partial charge in [0.2, 0.25) is 0 Å². The Labute approximate surface area is 115 Å². The Morgan fingerprint density at radius 3 is 2.40 bits per heavy atom. The van der Waals surface area contributed by atoms with Gasteiger partial charge in [0.15, 0.2) is 0 Å². The lowest BCUT2D eigenvalue weighted by Gasteiger charge is -2.17. The van der Waals surface area contributed by atoms with Crippen LogP contribution in [0.1, 0.15) is 16.7 Å². The first-order valence-electron chi connectivity index (χ1n) is 6.28. The highest BCUT2D eigenvalue weighted by Gasteiger charge is 2.41. The molecule has 0 fully saturated rings. The second-order valence-corrected chi connectivity index (χ2v) is 4.96. The van der Waals surface area contributed by atoms with Crippen molar-refractivity contribution in [3.8, 4) is 0 Å². The van der Waals surface area contributed by atoms with Crippen molar-refractivity contribution in [3.63, 3.8) is 0 Å². The molecule has 0 spiro atoms. The van der Waals surface area contributed by atoms with Gasteiger partial charge in [0.25, 0.3) is 0 Å². The predicted octanol–water partition coefficient (Wildman–Crippen LogP) is 3.09. The zero-order chi connectivity index (χ0) is 15.3. The summed E-state index contributed by atoms with van der Waals surface area (Å²) in [7, 11) is 0. The number of alkyl halides is 4. The molecule has 0 heterocycles. The van der Waals surface area contributed by atoms with E-state index in [4.69, 9.17) is 5.73 Å². The van der Waals surface area contributed by atoms with E-state index in [9.17, 15) is 17.6 Å². The zero-order valence-corrected chi connectivity index (χ0v) is 11.5. The molecule has 20 heavy (non-hydrogen) atoms. The second-order valence-electron chi connectivity index (χ2n) is 4.96. The normalized spacial score (nSPS) is 13.8. The van der Waals surface area contributed by atoms with Crippen LogP contribution in [0.3, 0.4) is 0 Å². The fourth-order valence-electron chi connectivity index (χ4n) is 1.70. The molecule has 1 rings (SSSR count). The van der Waals surface area contributed by atoms with Crippen LogP contribution < -0.4 is 5.73 Å². The molecule has 0 aromatic heterocycles. The fraction of sp³-hybridized carbons (Fsp3) is 0.571. The third-order valence-corrected chi connectivity index (χ3v) is 3.01. The molecular weight excluding hydrogens is 274 g/mol. The van der Waals surface area contributed by atoms with Gasteiger partial charge in [-0.05, 0) is 37.0 Å². The van der Waals surface area contributed by atoms with Crippen molar-refractivity contribution in [1.82, 2.24) is 0 Å². The minimum atomic E-state index is -4.12. The summed E-state index contributed by atoms with van der Waals surface area (Å²) in [5, 5.41) is 0. The first-order valence-corrected chi connectivity index (χ1v) is 6.28. The Morgan fingerprint density at radius 1 is 1.20 bits per heavy atom. The minimum absolute atomic E-state index is 0.185. The molecule has 0 saturated carbocycles. The summed E-state index contributed by atoms with van der Waals surface area (Å²) in [6.45, 7) is 2.44. The lowest BCUT2D eigenvalue weighted by atomic mass is 10.0. The molecule has 0 aliphatic rings. The highest BCUT2D eigenvalue weighted by molar-refractivity contribution is 5.30. The molecular formula is C14H19F4NO. The summed E-state index contributed by atoms with van der Waals surface area (Å²) in [4.78, 5) is 0. The zero-order valence-electron chi connectivity index (χ0n) is 11.5. The van der Waals surface area contributed by atoms with Crippen molar-refractivity contribution in [2.75, 3.05) is 13.2 Å². The van der Waals surface area contributed by atoms with Gasteiger partial charge in [-0.25, -0.2) is 8.78 Å². The molecule has 0 aliphatic carbocycles. The number of halogens is 4. The monoisotopic (exact) mass is 293 g/mol. The Hall–Kier alpha value is -1.14. The predicted molar refractivity (Wildman–Crippen MR) is 69.4 cm³/mol. The van der Waals surface area contributed by atoms with E-state index in [1.54, 1.807) is 0 Å². The van der Waals surface area contributed by atoms with Gasteiger partial charge in [0.05, 0.1) is 6.61 Å². The van der Waals surface area contributed by atoms with Gasteiger partial charge >= 0.3 is 12.3 Å². The lowest BCUT2D eigenvalue weighted by Crippen LogP contribution is -2.36. The van der Waals surface area contributed by atoms with Crippen molar-refractivity contribution in [1.29, 1.82) is 0 Å². The van der Waals surface area contributed by atoms with Gasteiger partial charge in [-0.15, -0.1) is 0 Å². The third kappa shape index (κ3) is 5.09. The van der Waals surface area contributed by atoms with E-state index in [0.29, 0.717) is 6.42 Å². The number of rotatable bonds is 7. The summed E-state index contributed by atoms with van der Waals surface area (Å²) >= 11 is 0. The van der Waals surface area contributed by atoms with E-state index in [2.05, 4.69) is 4.74 Å². The molecule has 0 radical (unpaired) electrons. The highest BCUT2D eigenvalue weighted by Crippen LogP contribution is 2.22. The summed E-state index contributed by atoms with van der Waals surface area (Å²) in [5.41, 5.74) is 8.96. The smallest absolute Gasteiger partial charge is 0.330 e. The van der Waals surface area contributed by atoms with Crippen LogP contribution >= 0.6 is 0 Å². The molecule has 6 heteroatoms. The molecule has 2 N–H and O–H groups in total. The topological polar surface area (TPSA) is 35.2 Å². The summed E-state index contributed by atoms with van der Waals surface area (Å²) in [5.74, 6) is -4.12. The Morgan fingerprint density at radius 2 is 1.85 bits per heavy atom. The van der Waals surface area contributed by atoms with Gasteiger partial charge in [-0.1, -0.05) is 18.2 Å². The van der Waals surface area contributed by atoms with Crippen LogP contribution in [0.15, 0.2) is 18.2 Å². The van der Waals surface area contributed by atoms with E-state index in [1.165, 1.54) is 0 Å². The number of nitrogens with two attached hydrogens (primary N) is 1. The molecule has 0 bridgehead atoms. The minimum Gasteiger partial charge on any atom is -0.373 e. The molecule has 0 aliphatic heterocycles. The Kier molecular flexibility index (Phi) is 5.95. The van der Waals surface area contributed by atoms with E-state index < -0.39 is 25.0 Å². The van der Waals surface area contributed by atoms with E-state index >= 15 is 0 Å². The van der Waals surface area contributed by atoms with Crippen molar-refractivity contribution in [2.24, 2.45) is 5.73 Å². The third-order valence-electron chi connectivity index (χ3n) is 3.01. The molecule has 1 unspecified atom stereocenters. The van der Waals surface area contributed by atoms with E-state index in [-0.39, 0.29) is 6.61 Å². The molecule has 114 valence electrons. The second kappa shape index (κ2) is 7.04. The average molecular weight is 293 g/mol. The molecule has 2 nitrogen and oxygen atoms in total. The molecule has 0 amide bonds. The summed E-state index contributed by atoms with van der Waals surface area (Å²) in [6, 6.07) is 5.30. The van der Waals surface area contributed by atoms with Gasteiger partial charge in [-0.2, -0.15) is 8.78 Å². The van der Waals surface area contributed by atoms with Gasteiger partial charge < -0.3 is 10.5 Å². The van der Waals surface area contributed by atoms with Gasteiger partial charge in [0, 0.05) is 6.04 Å². The van der Waals surface area contributed by atoms with Crippen molar-refractivity contribution < 1.29 is 22.3 Å².